The van der Waals surface area contributed by atoms with E-state index in [1.807, 2.05) is 54.6 Å². The Morgan fingerprint density at radius 1 is 1.04 bits per heavy atom. The molecule has 0 saturated carbocycles. The van der Waals surface area contributed by atoms with Gasteiger partial charge >= 0.3 is 0 Å². The summed E-state index contributed by atoms with van der Waals surface area (Å²) in [5.41, 5.74) is 4.63. The lowest BCUT2D eigenvalue weighted by Gasteiger charge is -2.08. The van der Waals surface area contributed by atoms with Crippen LogP contribution in [-0.4, -0.2) is 16.7 Å². The SMILES string of the molecule is CC(/C=C/C=C/c1ccccc1)=NNC(=O)[C@@H](O)c1ccccc1. The Bertz CT molecular complexity index is 735. The first-order chi connectivity index (χ1) is 11.7. The van der Waals surface area contributed by atoms with Crippen LogP contribution in [0.2, 0.25) is 0 Å². The molecule has 4 heteroatoms. The van der Waals surface area contributed by atoms with Crippen molar-refractivity contribution in [3.8, 4) is 0 Å². The predicted octanol–water partition coefficient (Wildman–Crippen LogP) is 3.48. The number of allylic oxidation sites excluding steroid dienone is 3. The third-order valence-corrected chi connectivity index (χ3v) is 3.24. The molecule has 1 amide bonds. The molecule has 2 aromatic rings. The number of nitrogens with one attached hydrogen (secondary N) is 1. The second kappa shape index (κ2) is 9.22. The lowest BCUT2D eigenvalue weighted by Crippen LogP contribution is -2.25. The van der Waals surface area contributed by atoms with Crippen LogP contribution in [0.1, 0.15) is 24.2 Å². The van der Waals surface area contributed by atoms with E-state index >= 15 is 0 Å². The summed E-state index contributed by atoms with van der Waals surface area (Å²) in [7, 11) is 0. The van der Waals surface area contributed by atoms with Crippen LogP contribution in [0.25, 0.3) is 6.08 Å². The molecule has 0 radical (unpaired) electrons. The van der Waals surface area contributed by atoms with Crippen LogP contribution >= 0.6 is 0 Å². The number of carbonyl (C=O) groups excluding carboxylic acids is 1. The molecule has 0 aliphatic heterocycles. The standard InChI is InChI=1S/C20H20N2O2/c1-16(10-8-9-13-17-11-4-2-5-12-17)21-22-20(24)19(23)18-14-6-3-7-15-18/h2-15,19,23H,1H3,(H,22,24)/b10-8+,13-9+,21-16?/t19-/m0/s1. The molecule has 0 bridgehead atoms. The highest BCUT2D eigenvalue weighted by Gasteiger charge is 2.15. The van der Waals surface area contributed by atoms with Gasteiger partial charge in [-0.15, -0.1) is 0 Å². The second-order valence-electron chi connectivity index (χ2n) is 5.17. The van der Waals surface area contributed by atoms with Gasteiger partial charge in [0.05, 0.1) is 5.71 Å². The molecule has 0 aliphatic carbocycles. The molecule has 0 aromatic heterocycles. The Hall–Kier alpha value is -2.98. The molecule has 122 valence electrons. The van der Waals surface area contributed by atoms with Gasteiger partial charge in [-0.3, -0.25) is 4.79 Å². The predicted molar refractivity (Wildman–Crippen MR) is 97.3 cm³/mol. The highest BCUT2D eigenvalue weighted by Crippen LogP contribution is 2.11. The topological polar surface area (TPSA) is 61.7 Å². The fourth-order valence-electron chi connectivity index (χ4n) is 1.95. The van der Waals surface area contributed by atoms with E-state index in [0.717, 1.165) is 5.56 Å². The highest BCUT2D eigenvalue weighted by molar-refractivity contribution is 5.94. The monoisotopic (exact) mass is 320 g/mol. The van der Waals surface area contributed by atoms with Crippen LogP contribution in [0.4, 0.5) is 0 Å². The number of aliphatic hydroxyl groups is 1. The molecule has 0 spiro atoms. The molecule has 2 N–H and O–H groups in total. The first-order valence-electron chi connectivity index (χ1n) is 7.64. The Morgan fingerprint density at radius 2 is 1.67 bits per heavy atom. The summed E-state index contributed by atoms with van der Waals surface area (Å²) >= 11 is 0. The van der Waals surface area contributed by atoms with E-state index in [2.05, 4.69) is 10.5 Å². The van der Waals surface area contributed by atoms with Crippen LogP contribution < -0.4 is 5.43 Å². The van der Waals surface area contributed by atoms with Crippen LogP contribution in [0.3, 0.4) is 0 Å². The number of benzene rings is 2. The number of hydrazone groups is 1. The number of aliphatic hydroxyl groups excluding tert-OH is 1. The van der Waals surface area contributed by atoms with Gasteiger partial charge in [0.15, 0.2) is 6.10 Å². The minimum Gasteiger partial charge on any atom is -0.378 e. The second-order valence-corrected chi connectivity index (χ2v) is 5.17. The molecule has 0 heterocycles. The molecular weight excluding hydrogens is 300 g/mol. The summed E-state index contributed by atoms with van der Waals surface area (Å²) < 4.78 is 0. The molecule has 0 saturated heterocycles. The van der Waals surface area contributed by atoms with Crippen molar-refractivity contribution in [1.82, 2.24) is 5.43 Å². The quantitative estimate of drug-likeness (QED) is 0.486. The average molecular weight is 320 g/mol. The van der Waals surface area contributed by atoms with Gasteiger partial charge in [-0.05, 0) is 24.1 Å². The van der Waals surface area contributed by atoms with Crippen molar-refractivity contribution in [3.05, 3.63) is 90.0 Å². The smallest absolute Gasteiger partial charge is 0.273 e. The Kier molecular flexibility index (Phi) is 6.68. The number of nitrogens with zero attached hydrogens (tertiary/aromatic N) is 1. The molecule has 4 nitrogen and oxygen atoms in total. The Labute approximate surface area is 141 Å². The number of hydrogen-bond acceptors (Lipinski definition) is 3. The van der Waals surface area contributed by atoms with Gasteiger partial charge in [-0.2, -0.15) is 5.10 Å². The van der Waals surface area contributed by atoms with Crippen molar-refractivity contribution in [2.75, 3.05) is 0 Å². The first kappa shape index (κ1) is 17.4. The summed E-state index contributed by atoms with van der Waals surface area (Å²) in [4.78, 5) is 11.9. The normalized spacial score (nSPS) is 13.3. The van der Waals surface area contributed by atoms with Crippen molar-refractivity contribution in [2.24, 2.45) is 5.10 Å². The fourth-order valence-corrected chi connectivity index (χ4v) is 1.95. The van der Waals surface area contributed by atoms with Gasteiger partial charge in [0.25, 0.3) is 5.91 Å². The van der Waals surface area contributed by atoms with Gasteiger partial charge in [0.1, 0.15) is 0 Å². The van der Waals surface area contributed by atoms with Crippen LogP contribution in [0, 0.1) is 0 Å². The summed E-state index contributed by atoms with van der Waals surface area (Å²) in [6.45, 7) is 1.77. The molecule has 0 aliphatic rings. The van der Waals surface area contributed by atoms with E-state index in [9.17, 15) is 9.90 Å². The molecular formula is C20H20N2O2. The number of amides is 1. The van der Waals surface area contributed by atoms with E-state index in [1.54, 1.807) is 37.3 Å². The van der Waals surface area contributed by atoms with Crippen LogP contribution in [-0.2, 0) is 4.79 Å². The van der Waals surface area contributed by atoms with Crippen molar-refractivity contribution >= 4 is 17.7 Å². The van der Waals surface area contributed by atoms with Gasteiger partial charge in [-0.1, -0.05) is 78.9 Å². The third kappa shape index (κ3) is 5.66. The average Bonchev–Trinajstić information content (AvgIpc) is 2.64. The maximum atomic E-state index is 11.9. The van der Waals surface area contributed by atoms with E-state index in [1.165, 1.54) is 0 Å². The molecule has 2 rings (SSSR count). The lowest BCUT2D eigenvalue weighted by atomic mass is 10.1. The number of rotatable bonds is 6. The largest absolute Gasteiger partial charge is 0.378 e. The maximum Gasteiger partial charge on any atom is 0.273 e. The van der Waals surface area contributed by atoms with E-state index in [-0.39, 0.29) is 0 Å². The van der Waals surface area contributed by atoms with Crippen molar-refractivity contribution < 1.29 is 9.90 Å². The third-order valence-electron chi connectivity index (χ3n) is 3.24. The van der Waals surface area contributed by atoms with Gasteiger partial charge < -0.3 is 5.11 Å². The van der Waals surface area contributed by atoms with Crippen molar-refractivity contribution in [1.29, 1.82) is 0 Å². The summed E-state index contributed by atoms with van der Waals surface area (Å²) in [5, 5.41) is 13.9. The van der Waals surface area contributed by atoms with E-state index in [4.69, 9.17) is 0 Å². The lowest BCUT2D eigenvalue weighted by molar-refractivity contribution is -0.129. The van der Waals surface area contributed by atoms with E-state index < -0.39 is 12.0 Å². The highest BCUT2D eigenvalue weighted by atomic mass is 16.3. The number of carbonyl (C=O) groups is 1. The zero-order valence-corrected chi connectivity index (χ0v) is 13.5. The van der Waals surface area contributed by atoms with E-state index in [0.29, 0.717) is 11.3 Å². The Balaban J connectivity index is 1.86. The minimum absolute atomic E-state index is 0.532. The number of hydrogen-bond donors (Lipinski definition) is 2. The minimum atomic E-state index is -1.23. The van der Waals surface area contributed by atoms with Crippen molar-refractivity contribution in [2.45, 2.75) is 13.0 Å². The Morgan fingerprint density at radius 3 is 2.33 bits per heavy atom. The molecule has 1 atom stereocenters. The summed E-state index contributed by atoms with van der Waals surface area (Å²) in [5.74, 6) is -0.561. The summed E-state index contributed by atoms with van der Waals surface area (Å²) in [6, 6.07) is 18.7. The molecule has 24 heavy (non-hydrogen) atoms. The van der Waals surface area contributed by atoms with Gasteiger partial charge in [-0.25, -0.2) is 5.43 Å². The fraction of sp³-hybridized carbons (Fsp3) is 0.100. The van der Waals surface area contributed by atoms with Gasteiger partial charge in [0.2, 0.25) is 0 Å². The van der Waals surface area contributed by atoms with Gasteiger partial charge in [0, 0.05) is 0 Å². The molecule has 2 aromatic carbocycles. The van der Waals surface area contributed by atoms with Crippen molar-refractivity contribution in [3.63, 3.8) is 0 Å². The molecule has 0 fully saturated rings. The van der Waals surface area contributed by atoms with Crippen LogP contribution in [0.15, 0.2) is 84.0 Å². The molecule has 0 unspecified atom stereocenters. The van der Waals surface area contributed by atoms with Crippen LogP contribution in [0.5, 0.6) is 0 Å². The maximum absolute atomic E-state index is 11.9. The zero-order valence-electron chi connectivity index (χ0n) is 13.5. The summed E-state index contributed by atoms with van der Waals surface area (Å²) in [6.07, 6.45) is 6.25. The first-order valence-corrected chi connectivity index (χ1v) is 7.64. The zero-order chi connectivity index (χ0) is 17.2.